The van der Waals surface area contributed by atoms with E-state index in [0.717, 1.165) is 24.1 Å². The zero-order valence-electron chi connectivity index (χ0n) is 11.7. The summed E-state index contributed by atoms with van der Waals surface area (Å²) in [4.78, 5) is 18.9. The van der Waals surface area contributed by atoms with E-state index in [1.54, 1.807) is 6.33 Å². The molecule has 1 aromatic heterocycles. The maximum atomic E-state index is 12.6. The Hall–Kier alpha value is -1.92. The first-order chi connectivity index (χ1) is 10.3. The molecule has 1 N–H and O–H groups in total. The van der Waals surface area contributed by atoms with Crippen molar-refractivity contribution in [2.45, 2.75) is 18.7 Å². The van der Waals surface area contributed by atoms with Gasteiger partial charge in [0.1, 0.15) is 6.54 Å². The Kier molecular flexibility index (Phi) is 3.12. The number of ether oxygens (including phenoxy) is 1. The molecule has 2 aliphatic heterocycles. The van der Waals surface area contributed by atoms with E-state index in [4.69, 9.17) is 4.74 Å². The van der Waals surface area contributed by atoms with E-state index in [0.29, 0.717) is 19.7 Å². The molecular formula is C15H18N4O2. The van der Waals surface area contributed by atoms with Crippen molar-refractivity contribution in [3.63, 3.8) is 0 Å². The van der Waals surface area contributed by atoms with Crippen molar-refractivity contribution in [2.75, 3.05) is 26.2 Å². The smallest absolute Gasteiger partial charge is 0.243 e. The van der Waals surface area contributed by atoms with E-state index in [2.05, 4.69) is 10.3 Å². The summed E-state index contributed by atoms with van der Waals surface area (Å²) in [6, 6.07) is 8.05. The Morgan fingerprint density at radius 3 is 3.24 bits per heavy atom. The van der Waals surface area contributed by atoms with Crippen LogP contribution >= 0.6 is 0 Å². The molecule has 2 atom stereocenters. The number of amides is 1. The van der Waals surface area contributed by atoms with Crippen LogP contribution in [0, 0.1) is 0 Å². The summed E-state index contributed by atoms with van der Waals surface area (Å²) in [5.74, 6) is 0.139. The molecule has 0 saturated carbocycles. The molecule has 0 aliphatic carbocycles. The first kappa shape index (κ1) is 12.8. The number of benzene rings is 1. The highest BCUT2D eigenvalue weighted by Crippen LogP contribution is 2.19. The van der Waals surface area contributed by atoms with Gasteiger partial charge in [-0.05, 0) is 12.1 Å². The molecule has 2 fully saturated rings. The van der Waals surface area contributed by atoms with Gasteiger partial charge in [0.25, 0.3) is 0 Å². The molecule has 0 bridgehead atoms. The quantitative estimate of drug-likeness (QED) is 0.859. The largest absolute Gasteiger partial charge is 0.373 e. The first-order valence-corrected chi connectivity index (χ1v) is 7.34. The van der Waals surface area contributed by atoms with Gasteiger partial charge >= 0.3 is 0 Å². The monoisotopic (exact) mass is 286 g/mol. The molecule has 1 aromatic carbocycles. The van der Waals surface area contributed by atoms with Gasteiger partial charge in [-0.15, -0.1) is 0 Å². The molecule has 0 radical (unpaired) electrons. The topological polar surface area (TPSA) is 59.4 Å². The van der Waals surface area contributed by atoms with Crippen LogP contribution in [0.4, 0.5) is 0 Å². The van der Waals surface area contributed by atoms with Crippen LogP contribution in [0.3, 0.4) is 0 Å². The third-order valence-corrected chi connectivity index (χ3v) is 4.35. The average Bonchev–Trinajstić information content (AvgIpc) is 3.14. The molecule has 0 spiro atoms. The van der Waals surface area contributed by atoms with E-state index in [-0.39, 0.29) is 18.1 Å². The molecule has 2 aliphatic rings. The second-order valence-corrected chi connectivity index (χ2v) is 5.58. The third-order valence-electron chi connectivity index (χ3n) is 4.35. The fraction of sp³-hybridized carbons (Fsp3) is 0.467. The highest BCUT2D eigenvalue weighted by atomic mass is 16.5. The summed E-state index contributed by atoms with van der Waals surface area (Å²) in [6.45, 7) is 3.29. The van der Waals surface area contributed by atoms with Crippen LogP contribution in [0.15, 0.2) is 30.6 Å². The van der Waals surface area contributed by atoms with E-state index in [1.807, 2.05) is 33.7 Å². The lowest BCUT2D eigenvalue weighted by molar-refractivity contribution is -0.143. The number of hydrogen-bond acceptors (Lipinski definition) is 4. The average molecular weight is 286 g/mol. The van der Waals surface area contributed by atoms with Gasteiger partial charge in [0.15, 0.2) is 0 Å². The lowest BCUT2D eigenvalue weighted by Gasteiger charge is -2.37. The standard InChI is InChI=1S/C15H18N4O2/c20-15(19-5-6-21-14-8-16-7-13(14)19)9-18-10-17-11-3-1-2-4-12(11)18/h1-4,10,13-14,16H,5-9H2/t13-,14+/m1/s1. The van der Waals surface area contributed by atoms with Gasteiger partial charge in [0.05, 0.1) is 36.1 Å². The number of nitrogens with one attached hydrogen (secondary N) is 1. The van der Waals surface area contributed by atoms with Crippen LogP contribution in [0.1, 0.15) is 0 Å². The SMILES string of the molecule is O=C(Cn1cnc2ccccc21)N1CCO[C@H]2CNC[C@H]21. The lowest BCUT2D eigenvalue weighted by atomic mass is 10.1. The van der Waals surface area contributed by atoms with E-state index < -0.39 is 0 Å². The van der Waals surface area contributed by atoms with Crippen molar-refractivity contribution in [2.24, 2.45) is 0 Å². The number of nitrogens with zero attached hydrogens (tertiary/aromatic N) is 3. The Morgan fingerprint density at radius 2 is 2.29 bits per heavy atom. The predicted molar refractivity (Wildman–Crippen MR) is 77.8 cm³/mol. The number of fused-ring (bicyclic) bond motifs is 2. The van der Waals surface area contributed by atoms with Gasteiger partial charge in [-0.1, -0.05) is 12.1 Å². The number of carbonyl (C=O) groups excluding carboxylic acids is 1. The molecular weight excluding hydrogens is 268 g/mol. The molecule has 110 valence electrons. The van der Waals surface area contributed by atoms with Gasteiger partial charge in [0.2, 0.25) is 5.91 Å². The van der Waals surface area contributed by atoms with Crippen molar-refractivity contribution < 1.29 is 9.53 Å². The summed E-state index contributed by atoms with van der Waals surface area (Å²) in [5.41, 5.74) is 1.92. The second kappa shape index (κ2) is 5.13. The normalized spacial score (nSPS) is 25.2. The maximum Gasteiger partial charge on any atom is 0.243 e. The van der Waals surface area contributed by atoms with Crippen LogP contribution in [0.5, 0.6) is 0 Å². The van der Waals surface area contributed by atoms with Crippen LogP contribution in [-0.2, 0) is 16.1 Å². The van der Waals surface area contributed by atoms with Crippen LogP contribution < -0.4 is 5.32 Å². The molecule has 4 rings (SSSR count). The van der Waals surface area contributed by atoms with Gasteiger partial charge in [-0.2, -0.15) is 0 Å². The Balaban J connectivity index is 1.55. The molecule has 0 unspecified atom stereocenters. The molecule has 2 aromatic rings. The molecule has 3 heterocycles. The molecule has 1 amide bonds. The van der Waals surface area contributed by atoms with Crippen LogP contribution in [0.25, 0.3) is 11.0 Å². The minimum Gasteiger partial charge on any atom is -0.373 e. The second-order valence-electron chi connectivity index (χ2n) is 5.58. The number of para-hydroxylation sites is 2. The van der Waals surface area contributed by atoms with E-state index in [9.17, 15) is 4.79 Å². The number of rotatable bonds is 2. The number of imidazole rings is 1. The fourth-order valence-electron chi connectivity index (χ4n) is 3.27. The molecule has 2 saturated heterocycles. The van der Waals surface area contributed by atoms with E-state index in [1.165, 1.54) is 0 Å². The van der Waals surface area contributed by atoms with Crippen LogP contribution in [0.2, 0.25) is 0 Å². The van der Waals surface area contributed by atoms with Crippen molar-refractivity contribution in [1.82, 2.24) is 19.8 Å². The highest BCUT2D eigenvalue weighted by molar-refractivity contribution is 5.81. The van der Waals surface area contributed by atoms with Gasteiger partial charge in [-0.3, -0.25) is 4.79 Å². The highest BCUT2D eigenvalue weighted by Gasteiger charge is 2.38. The summed E-state index contributed by atoms with van der Waals surface area (Å²) >= 11 is 0. The number of morpholine rings is 1. The van der Waals surface area contributed by atoms with Crippen molar-refractivity contribution in [1.29, 1.82) is 0 Å². The first-order valence-electron chi connectivity index (χ1n) is 7.34. The summed E-state index contributed by atoms with van der Waals surface area (Å²) in [5, 5.41) is 3.30. The fourth-order valence-corrected chi connectivity index (χ4v) is 3.27. The summed E-state index contributed by atoms with van der Waals surface area (Å²) in [6.07, 6.45) is 1.88. The summed E-state index contributed by atoms with van der Waals surface area (Å²) < 4.78 is 7.63. The maximum absolute atomic E-state index is 12.6. The molecule has 6 nitrogen and oxygen atoms in total. The lowest BCUT2D eigenvalue weighted by Crippen LogP contribution is -2.54. The predicted octanol–water partition coefficient (Wildman–Crippen LogP) is 0.235. The van der Waals surface area contributed by atoms with Gasteiger partial charge < -0.3 is 19.5 Å². The Morgan fingerprint density at radius 1 is 1.38 bits per heavy atom. The number of carbonyl (C=O) groups is 1. The molecule has 21 heavy (non-hydrogen) atoms. The van der Waals surface area contributed by atoms with Gasteiger partial charge in [-0.25, -0.2) is 4.98 Å². The van der Waals surface area contributed by atoms with Crippen molar-refractivity contribution in [3.05, 3.63) is 30.6 Å². The summed E-state index contributed by atoms with van der Waals surface area (Å²) in [7, 11) is 0. The zero-order valence-corrected chi connectivity index (χ0v) is 11.7. The zero-order chi connectivity index (χ0) is 14.2. The van der Waals surface area contributed by atoms with Crippen molar-refractivity contribution in [3.8, 4) is 0 Å². The number of aromatic nitrogens is 2. The minimum absolute atomic E-state index is 0.139. The van der Waals surface area contributed by atoms with Crippen LogP contribution in [-0.4, -0.2) is 58.7 Å². The van der Waals surface area contributed by atoms with E-state index >= 15 is 0 Å². The van der Waals surface area contributed by atoms with Crippen molar-refractivity contribution >= 4 is 16.9 Å². The molecule has 6 heteroatoms. The third kappa shape index (κ3) is 2.20. The minimum atomic E-state index is 0.139. The van der Waals surface area contributed by atoms with Gasteiger partial charge in [0, 0.05) is 19.6 Å². The number of hydrogen-bond donors (Lipinski definition) is 1. The Bertz CT molecular complexity index is 668. The Labute approximate surface area is 122 Å².